The summed E-state index contributed by atoms with van der Waals surface area (Å²) in [6, 6.07) is 2.93. The monoisotopic (exact) mass is 288 g/mol. The van der Waals surface area contributed by atoms with Gasteiger partial charge in [-0.15, -0.1) is 0 Å². The molecule has 0 heterocycles. The van der Waals surface area contributed by atoms with Crippen molar-refractivity contribution in [1.29, 1.82) is 0 Å². The van der Waals surface area contributed by atoms with Gasteiger partial charge in [0, 0.05) is 12.3 Å². The number of anilines is 1. The molecule has 16 heavy (non-hydrogen) atoms. The maximum atomic E-state index is 13.5. The maximum absolute atomic E-state index is 13.5. The second-order valence-electron chi connectivity index (χ2n) is 3.43. The van der Waals surface area contributed by atoms with Gasteiger partial charge in [-0.05, 0) is 42.8 Å². The first kappa shape index (κ1) is 13.0. The highest BCUT2D eigenvalue weighted by Crippen LogP contribution is 2.31. The Kier molecular flexibility index (Phi) is 4.73. The second kappa shape index (κ2) is 5.84. The van der Waals surface area contributed by atoms with Crippen LogP contribution in [0.25, 0.3) is 0 Å². The van der Waals surface area contributed by atoms with E-state index in [9.17, 15) is 4.39 Å². The van der Waals surface area contributed by atoms with Crippen molar-refractivity contribution in [3.8, 4) is 5.75 Å². The fraction of sp³-hybridized carbons (Fsp3) is 0.364. The van der Waals surface area contributed by atoms with E-state index in [4.69, 9.17) is 4.74 Å². The molecule has 0 spiro atoms. The molecule has 0 saturated heterocycles. The van der Waals surface area contributed by atoms with E-state index in [0.29, 0.717) is 10.2 Å². The standard InChI is InChI=1S/C11H14BrFN2O/c1-4-14-15-10-6-11(16-7(2)3)8(12)5-9(10)13/h4-7,15H,1-3H3/b14-4+. The van der Waals surface area contributed by atoms with Crippen LogP contribution in [0.2, 0.25) is 0 Å². The molecule has 1 aromatic rings. The molecule has 0 aliphatic rings. The highest BCUT2D eigenvalue weighted by Gasteiger charge is 2.10. The van der Waals surface area contributed by atoms with Gasteiger partial charge in [-0.25, -0.2) is 4.39 Å². The van der Waals surface area contributed by atoms with E-state index < -0.39 is 0 Å². The smallest absolute Gasteiger partial charge is 0.149 e. The lowest BCUT2D eigenvalue weighted by Gasteiger charge is -2.13. The Morgan fingerprint density at radius 2 is 2.19 bits per heavy atom. The topological polar surface area (TPSA) is 33.6 Å². The van der Waals surface area contributed by atoms with Gasteiger partial charge in [0.15, 0.2) is 0 Å². The van der Waals surface area contributed by atoms with Crippen LogP contribution in [-0.4, -0.2) is 12.3 Å². The molecule has 0 radical (unpaired) electrons. The highest BCUT2D eigenvalue weighted by molar-refractivity contribution is 9.10. The fourth-order valence-electron chi connectivity index (χ4n) is 1.09. The molecule has 0 aliphatic carbocycles. The minimum Gasteiger partial charge on any atom is -0.490 e. The Labute approximate surface area is 103 Å². The third kappa shape index (κ3) is 3.48. The molecule has 0 aromatic heterocycles. The van der Waals surface area contributed by atoms with Gasteiger partial charge in [-0.2, -0.15) is 5.10 Å². The third-order valence-electron chi connectivity index (χ3n) is 1.70. The van der Waals surface area contributed by atoms with Crippen LogP contribution < -0.4 is 10.2 Å². The molecule has 1 rings (SSSR count). The lowest BCUT2D eigenvalue weighted by atomic mass is 10.3. The van der Waals surface area contributed by atoms with Crippen molar-refractivity contribution in [3.63, 3.8) is 0 Å². The molecular weight excluding hydrogens is 275 g/mol. The number of hydrogen-bond donors (Lipinski definition) is 1. The van der Waals surface area contributed by atoms with Gasteiger partial charge < -0.3 is 4.74 Å². The predicted molar refractivity (Wildman–Crippen MR) is 67.7 cm³/mol. The van der Waals surface area contributed by atoms with Gasteiger partial charge >= 0.3 is 0 Å². The summed E-state index contributed by atoms with van der Waals surface area (Å²) < 4.78 is 19.6. The quantitative estimate of drug-likeness (QED) is 0.675. The largest absolute Gasteiger partial charge is 0.490 e. The van der Waals surface area contributed by atoms with Crippen molar-refractivity contribution in [3.05, 3.63) is 22.4 Å². The van der Waals surface area contributed by atoms with Crippen molar-refractivity contribution in [2.24, 2.45) is 5.10 Å². The van der Waals surface area contributed by atoms with E-state index in [2.05, 4.69) is 26.5 Å². The first-order chi connectivity index (χ1) is 7.54. The molecule has 5 heteroatoms. The average molecular weight is 289 g/mol. The van der Waals surface area contributed by atoms with E-state index in [1.807, 2.05) is 13.8 Å². The van der Waals surface area contributed by atoms with Gasteiger partial charge in [0.05, 0.1) is 16.3 Å². The number of rotatable bonds is 4. The maximum Gasteiger partial charge on any atom is 0.149 e. The zero-order valence-corrected chi connectivity index (χ0v) is 11.0. The molecule has 0 saturated carbocycles. The molecule has 0 unspecified atom stereocenters. The Hall–Kier alpha value is -1.10. The zero-order valence-electron chi connectivity index (χ0n) is 9.42. The number of benzene rings is 1. The van der Waals surface area contributed by atoms with Crippen LogP contribution in [0.1, 0.15) is 20.8 Å². The van der Waals surface area contributed by atoms with Gasteiger partial charge in [0.1, 0.15) is 11.6 Å². The number of hydrogen-bond acceptors (Lipinski definition) is 3. The summed E-state index contributed by atoms with van der Waals surface area (Å²) in [4.78, 5) is 0. The molecule has 0 atom stereocenters. The van der Waals surface area contributed by atoms with E-state index in [1.165, 1.54) is 6.07 Å². The molecular formula is C11H14BrFN2O. The van der Waals surface area contributed by atoms with Crippen molar-refractivity contribution in [2.75, 3.05) is 5.43 Å². The molecule has 0 amide bonds. The van der Waals surface area contributed by atoms with Crippen molar-refractivity contribution in [1.82, 2.24) is 0 Å². The normalized spacial score (nSPS) is 11.1. The summed E-state index contributed by atoms with van der Waals surface area (Å²) in [7, 11) is 0. The first-order valence-electron chi connectivity index (χ1n) is 4.94. The second-order valence-corrected chi connectivity index (χ2v) is 4.28. The van der Waals surface area contributed by atoms with E-state index in [0.717, 1.165) is 0 Å². The number of nitrogens with one attached hydrogen (secondary N) is 1. The van der Waals surface area contributed by atoms with Crippen molar-refractivity contribution >= 4 is 27.8 Å². The Morgan fingerprint density at radius 1 is 1.50 bits per heavy atom. The number of halogens is 2. The summed E-state index contributed by atoms with van der Waals surface area (Å²) in [5.74, 6) is 0.207. The lowest BCUT2D eigenvalue weighted by molar-refractivity contribution is 0.240. The number of ether oxygens (including phenoxy) is 1. The van der Waals surface area contributed by atoms with Crippen LogP contribution in [0.5, 0.6) is 5.75 Å². The molecule has 0 fully saturated rings. The zero-order chi connectivity index (χ0) is 12.1. The molecule has 0 bridgehead atoms. The molecule has 1 aromatic carbocycles. The van der Waals surface area contributed by atoms with Gasteiger partial charge in [0.2, 0.25) is 0 Å². The lowest BCUT2D eigenvalue weighted by Crippen LogP contribution is -2.06. The van der Waals surface area contributed by atoms with Crippen LogP contribution in [0.15, 0.2) is 21.7 Å². The van der Waals surface area contributed by atoms with E-state index in [-0.39, 0.29) is 17.6 Å². The number of nitrogens with zero attached hydrogens (tertiary/aromatic N) is 1. The number of hydrazone groups is 1. The van der Waals surface area contributed by atoms with Crippen LogP contribution in [-0.2, 0) is 0 Å². The third-order valence-corrected chi connectivity index (χ3v) is 2.32. The molecule has 3 nitrogen and oxygen atoms in total. The minimum atomic E-state index is -0.381. The fourth-order valence-corrected chi connectivity index (χ4v) is 1.50. The summed E-state index contributed by atoms with van der Waals surface area (Å²) in [5, 5.41) is 3.77. The first-order valence-corrected chi connectivity index (χ1v) is 5.73. The average Bonchev–Trinajstić information content (AvgIpc) is 2.20. The van der Waals surface area contributed by atoms with Crippen LogP contribution in [0.3, 0.4) is 0 Å². The van der Waals surface area contributed by atoms with Crippen LogP contribution in [0.4, 0.5) is 10.1 Å². The minimum absolute atomic E-state index is 0.0317. The summed E-state index contributed by atoms with van der Waals surface area (Å²) >= 11 is 3.25. The molecule has 0 aliphatic heterocycles. The van der Waals surface area contributed by atoms with Gasteiger partial charge in [0.25, 0.3) is 0 Å². The highest BCUT2D eigenvalue weighted by atomic mass is 79.9. The Morgan fingerprint density at radius 3 is 2.75 bits per heavy atom. The van der Waals surface area contributed by atoms with E-state index in [1.54, 1.807) is 19.2 Å². The van der Waals surface area contributed by atoms with Crippen LogP contribution >= 0.6 is 15.9 Å². The molecule has 1 N–H and O–H groups in total. The van der Waals surface area contributed by atoms with Gasteiger partial charge in [-0.3, -0.25) is 5.43 Å². The van der Waals surface area contributed by atoms with Gasteiger partial charge in [-0.1, -0.05) is 0 Å². The Balaban J connectivity index is 3.01. The SMILES string of the molecule is C/C=N/Nc1cc(OC(C)C)c(Br)cc1F. The summed E-state index contributed by atoms with van der Waals surface area (Å²) in [5.41, 5.74) is 2.89. The summed E-state index contributed by atoms with van der Waals surface area (Å²) in [6.45, 7) is 5.56. The summed E-state index contributed by atoms with van der Waals surface area (Å²) in [6.07, 6.45) is 1.58. The van der Waals surface area contributed by atoms with Crippen LogP contribution in [0, 0.1) is 5.82 Å². The van der Waals surface area contributed by atoms with Crippen molar-refractivity contribution in [2.45, 2.75) is 26.9 Å². The van der Waals surface area contributed by atoms with E-state index >= 15 is 0 Å². The molecule has 88 valence electrons. The van der Waals surface area contributed by atoms with Crippen molar-refractivity contribution < 1.29 is 9.13 Å². The Bertz CT molecular complexity index is 394. The predicted octanol–water partition coefficient (Wildman–Crippen LogP) is 3.79.